The molecule has 0 aromatic heterocycles. The monoisotopic (exact) mass is 256 g/mol. The second-order valence-corrected chi connectivity index (χ2v) is 5.10. The molecule has 1 rings (SSSR count). The first-order chi connectivity index (χ1) is 8.55. The number of unbranched alkanes of at least 4 members (excludes halogenated alkanes) is 2. The average molecular weight is 256 g/mol. The molecule has 1 saturated heterocycles. The van der Waals surface area contributed by atoms with Crippen LogP contribution in [0.4, 0.5) is 0 Å². The van der Waals surface area contributed by atoms with Gasteiger partial charge in [-0.25, -0.2) is 0 Å². The van der Waals surface area contributed by atoms with Gasteiger partial charge in [-0.3, -0.25) is 9.59 Å². The van der Waals surface area contributed by atoms with Gasteiger partial charge in [0, 0.05) is 19.5 Å². The summed E-state index contributed by atoms with van der Waals surface area (Å²) in [5.41, 5.74) is 4.68. The minimum atomic E-state index is -0.775. The third-order valence-electron chi connectivity index (χ3n) is 3.93. The lowest BCUT2D eigenvalue weighted by Crippen LogP contribution is -2.36. The first kappa shape index (κ1) is 15.0. The molecule has 5 nitrogen and oxygen atoms in total. The molecular formula is C13H24N2O3. The molecule has 104 valence electrons. The summed E-state index contributed by atoms with van der Waals surface area (Å²) in [6.45, 7) is 3.49. The maximum absolute atomic E-state index is 11.9. The van der Waals surface area contributed by atoms with Crippen molar-refractivity contribution in [2.45, 2.75) is 45.4 Å². The van der Waals surface area contributed by atoms with Crippen LogP contribution in [0.1, 0.15) is 45.4 Å². The Labute approximate surface area is 108 Å². The molecule has 0 aliphatic carbocycles. The molecule has 1 heterocycles. The Balaban J connectivity index is 2.41. The molecule has 0 saturated carbocycles. The van der Waals surface area contributed by atoms with Crippen molar-refractivity contribution < 1.29 is 14.7 Å². The zero-order chi connectivity index (χ0) is 13.6. The molecule has 0 radical (unpaired) electrons. The summed E-state index contributed by atoms with van der Waals surface area (Å²) in [5.74, 6) is -0.688. The summed E-state index contributed by atoms with van der Waals surface area (Å²) in [4.78, 5) is 24.9. The number of amides is 1. The molecule has 1 amide bonds. The van der Waals surface area contributed by atoms with Crippen LogP contribution < -0.4 is 5.73 Å². The van der Waals surface area contributed by atoms with E-state index in [9.17, 15) is 14.7 Å². The molecule has 3 N–H and O–H groups in total. The third-order valence-corrected chi connectivity index (χ3v) is 3.93. The highest BCUT2D eigenvalue weighted by atomic mass is 16.4. The van der Waals surface area contributed by atoms with E-state index in [-0.39, 0.29) is 5.91 Å². The van der Waals surface area contributed by atoms with Crippen molar-refractivity contribution in [2.75, 3.05) is 19.6 Å². The second-order valence-electron chi connectivity index (χ2n) is 5.10. The summed E-state index contributed by atoms with van der Waals surface area (Å²) < 4.78 is 0. The number of likely N-dealkylation sites (tertiary alicyclic amines) is 1. The molecular weight excluding hydrogens is 232 g/mol. The normalized spacial score (nSPS) is 23.3. The van der Waals surface area contributed by atoms with E-state index < -0.39 is 11.4 Å². The number of carboxylic acid groups (broad SMARTS) is 1. The number of rotatable bonds is 7. The van der Waals surface area contributed by atoms with Crippen molar-refractivity contribution in [2.24, 2.45) is 11.1 Å². The Morgan fingerprint density at radius 2 is 2.06 bits per heavy atom. The summed E-state index contributed by atoms with van der Waals surface area (Å²) >= 11 is 0. The van der Waals surface area contributed by atoms with Crippen LogP contribution in [-0.2, 0) is 9.59 Å². The second kappa shape index (κ2) is 6.73. The largest absolute Gasteiger partial charge is 0.481 e. The highest BCUT2D eigenvalue weighted by Gasteiger charge is 2.44. The quantitative estimate of drug-likeness (QED) is 0.671. The molecule has 0 bridgehead atoms. The van der Waals surface area contributed by atoms with E-state index in [1.165, 1.54) is 0 Å². The van der Waals surface area contributed by atoms with Crippen LogP contribution in [-0.4, -0.2) is 41.5 Å². The van der Waals surface area contributed by atoms with Crippen LogP contribution in [0.3, 0.4) is 0 Å². The van der Waals surface area contributed by atoms with Gasteiger partial charge in [-0.15, -0.1) is 0 Å². The molecule has 0 aromatic carbocycles. The Morgan fingerprint density at radius 3 is 2.56 bits per heavy atom. The molecule has 1 aliphatic rings. The summed E-state index contributed by atoms with van der Waals surface area (Å²) in [7, 11) is 0. The topological polar surface area (TPSA) is 83.6 Å². The number of hydrogen-bond donors (Lipinski definition) is 2. The summed E-state index contributed by atoms with van der Waals surface area (Å²) in [6.07, 6.45) is 4.43. The van der Waals surface area contributed by atoms with Crippen molar-refractivity contribution in [1.82, 2.24) is 4.90 Å². The van der Waals surface area contributed by atoms with Crippen LogP contribution in [0.5, 0.6) is 0 Å². The Kier molecular flexibility index (Phi) is 5.59. The van der Waals surface area contributed by atoms with Gasteiger partial charge in [0.15, 0.2) is 0 Å². The van der Waals surface area contributed by atoms with Gasteiger partial charge in [0.25, 0.3) is 0 Å². The first-order valence-electron chi connectivity index (χ1n) is 6.77. The van der Waals surface area contributed by atoms with Gasteiger partial charge in [0.2, 0.25) is 5.91 Å². The molecule has 0 aromatic rings. The lowest BCUT2D eigenvalue weighted by atomic mass is 9.84. The van der Waals surface area contributed by atoms with Crippen molar-refractivity contribution in [3.8, 4) is 0 Å². The van der Waals surface area contributed by atoms with Crippen molar-refractivity contribution in [1.29, 1.82) is 0 Å². The van der Waals surface area contributed by atoms with Crippen molar-refractivity contribution in [3.05, 3.63) is 0 Å². The number of nitrogens with zero attached hydrogens (tertiary/aromatic N) is 1. The predicted molar refractivity (Wildman–Crippen MR) is 69.1 cm³/mol. The number of nitrogens with two attached hydrogens (primary N) is 1. The number of hydrogen-bond acceptors (Lipinski definition) is 3. The fourth-order valence-electron chi connectivity index (χ4n) is 2.46. The standard InChI is InChI=1S/C13H24N2O3/c1-2-13(12(17)18)7-9-15(10-13)11(16)6-4-3-5-8-14/h2-10,14H2,1H3,(H,17,18). The Hall–Kier alpha value is -1.10. The molecule has 1 aliphatic heterocycles. The molecule has 0 spiro atoms. The molecule has 1 unspecified atom stereocenters. The highest BCUT2D eigenvalue weighted by Crippen LogP contribution is 2.34. The fraction of sp³-hybridized carbons (Fsp3) is 0.846. The lowest BCUT2D eigenvalue weighted by molar-refractivity contribution is -0.148. The van der Waals surface area contributed by atoms with E-state index in [4.69, 9.17) is 5.73 Å². The van der Waals surface area contributed by atoms with Gasteiger partial charge >= 0.3 is 5.97 Å². The van der Waals surface area contributed by atoms with E-state index in [1.54, 1.807) is 4.90 Å². The van der Waals surface area contributed by atoms with Gasteiger partial charge < -0.3 is 15.7 Å². The van der Waals surface area contributed by atoms with Gasteiger partial charge in [0.1, 0.15) is 0 Å². The number of aliphatic carboxylic acids is 1. The fourth-order valence-corrected chi connectivity index (χ4v) is 2.46. The Bertz CT molecular complexity index is 307. The highest BCUT2D eigenvalue weighted by molar-refractivity contribution is 5.80. The summed E-state index contributed by atoms with van der Waals surface area (Å²) in [6, 6.07) is 0. The minimum absolute atomic E-state index is 0.0867. The van der Waals surface area contributed by atoms with Crippen molar-refractivity contribution in [3.63, 3.8) is 0 Å². The minimum Gasteiger partial charge on any atom is -0.481 e. The predicted octanol–water partition coefficient (Wildman–Crippen LogP) is 1.22. The number of carboxylic acids is 1. The number of carbonyl (C=O) groups excluding carboxylic acids is 1. The van der Waals surface area contributed by atoms with E-state index in [2.05, 4.69) is 0 Å². The van der Waals surface area contributed by atoms with Gasteiger partial charge in [-0.1, -0.05) is 13.3 Å². The van der Waals surface area contributed by atoms with Crippen molar-refractivity contribution >= 4 is 11.9 Å². The van der Waals surface area contributed by atoms with Crippen LogP contribution in [0, 0.1) is 5.41 Å². The van der Waals surface area contributed by atoms with Gasteiger partial charge in [-0.05, 0) is 32.2 Å². The van der Waals surface area contributed by atoms with E-state index in [1.807, 2.05) is 6.92 Å². The smallest absolute Gasteiger partial charge is 0.311 e. The lowest BCUT2D eigenvalue weighted by Gasteiger charge is -2.23. The van der Waals surface area contributed by atoms with E-state index in [0.717, 1.165) is 19.3 Å². The third kappa shape index (κ3) is 3.45. The van der Waals surface area contributed by atoms with Crippen LogP contribution in [0.2, 0.25) is 0 Å². The maximum Gasteiger partial charge on any atom is 0.311 e. The molecule has 1 atom stereocenters. The summed E-state index contributed by atoms with van der Waals surface area (Å²) in [5, 5.41) is 9.26. The van der Waals surface area contributed by atoms with Crippen LogP contribution in [0.15, 0.2) is 0 Å². The number of carbonyl (C=O) groups is 2. The van der Waals surface area contributed by atoms with Gasteiger partial charge in [0.05, 0.1) is 5.41 Å². The van der Waals surface area contributed by atoms with E-state index >= 15 is 0 Å². The van der Waals surface area contributed by atoms with Crippen LogP contribution >= 0.6 is 0 Å². The molecule has 5 heteroatoms. The zero-order valence-electron chi connectivity index (χ0n) is 11.2. The zero-order valence-corrected chi connectivity index (χ0v) is 11.2. The van der Waals surface area contributed by atoms with E-state index in [0.29, 0.717) is 38.9 Å². The Morgan fingerprint density at radius 1 is 1.33 bits per heavy atom. The van der Waals surface area contributed by atoms with Gasteiger partial charge in [-0.2, -0.15) is 0 Å². The molecule has 18 heavy (non-hydrogen) atoms. The maximum atomic E-state index is 11.9. The molecule has 1 fully saturated rings. The average Bonchev–Trinajstić information content (AvgIpc) is 2.80. The van der Waals surface area contributed by atoms with Crippen LogP contribution in [0.25, 0.3) is 0 Å². The first-order valence-corrected chi connectivity index (χ1v) is 6.77. The SMILES string of the molecule is CCC1(C(=O)O)CCN(C(=O)CCCCCN)C1.